The van der Waals surface area contributed by atoms with E-state index >= 15 is 0 Å². The molecule has 0 bridgehead atoms. The number of carbonyl (C=O) groups excluding carboxylic acids is 1. The summed E-state index contributed by atoms with van der Waals surface area (Å²) in [6.07, 6.45) is 6.08. The van der Waals surface area contributed by atoms with Crippen molar-refractivity contribution in [3.05, 3.63) is 47.8 Å². The number of methoxy groups -OCH3 is 1. The lowest BCUT2D eigenvalue weighted by Gasteiger charge is -2.37. The van der Waals surface area contributed by atoms with Gasteiger partial charge in [-0.2, -0.15) is 0 Å². The molecule has 1 atom stereocenters. The molecular weight excluding hydrogens is 328 g/mol. The molecule has 6 heteroatoms. The largest absolute Gasteiger partial charge is 0.497 e. The zero-order valence-electron chi connectivity index (χ0n) is 15.7. The van der Waals surface area contributed by atoms with Gasteiger partial charge in [0.15, 0.2) is 0 Å². The first-order valence-corrected chi connectivity index (χ1v) is 8.99. The first-order valence-electron chi connectivity index (χ1n) is 8.99. The van der Waals surface area contributed by atoms with Crippen LogP contribution < -0.4 is 9.64 Å². The van der Waals surface area contributed by atoms with Crippen molar-refractivity contribution in [2.24, 2.45) is 0 Å². The minimum absolute atomic E-state index is 0.154. The summed E-state index contributed by atoms with van der Waals surface area (Å²) in [5, 5.41) is 0. The quantitative estimate of drug-likeness (QED) is 0.825. The van der Waals surface area contributed by atoms with Crippen molar-refractivity contribution >= 4 is 11.9 Å². The summed E-state index contributed by atoms with van der Waals surface area (Å²) >= 11 is 0. The van der Waals surface area contributed by atoms with E-state index in [1.54, 1.807) is 7.11 Å². The van der Waals surface area contributed by atoms with Crippen molar-refractivity contribution in [3.8, 4) is 5.75 Å². The molecule has 1 unspecified atom stereocenters. The van der Waals surface area contributed by atoms with Crippen molar-refractivity contribution < 1.29 is 9.53 Å². The van der Waals surface area contributed by atoms with E-state index < -0.39 is 0 Å². The molecule has 2 heterocycles. The maximum absolute atomic E-state index is 12.8. The fourth-order valence-electron chi connectivity index (χ4n) is 3.30. The topological polar surface area (TPSA) is 58.6 Å². The molecule has 0 saturated carbocycles. The molecule has 1 saturated heterocycles. The van der Waals surface area contributed by atoms with E-state index in [0.29, 0.717) is 18.9 Å². The predicted molar refractivity (Wildman–Crippen MR) is 101 cm³/mol. The van der Waals surface area contributed by atoms with E-state index in [0.717, 1.165) is 36.3 Å². The molecule has 1 aliphatic rings. The number of piperidine rings is 1. The summed E-state index contributed by atoms with van der Waals surface area (Å²) in [5.41, 5.74) is 2.02. The number of likely N-dealkylation sites (tertiary alicyclic amines) is 1. The Bertz CT molecular complexity index is 748. The number of amides is 1. The third-order valence-electron chi connectivity index (χ3n) is 4.87. The Morgan fingerprint density at radius 1 is 1.35 bits per heavy atom. The average Bonchev–Trinajstić information content (AvgIpc) is 2.68. The molecule has 0 N–H and O–H groups in total. The van der Waals surface area contributed by atoms with Gasteiger partial charge in [0, 0.05) is 38.6 Å². The number of likely N-dealkylation sites (N-methyl/N-ethyl adjacent to an activating group) is 1. The Labute approximate surface area is 154 Å². The van der Waals surface area contributed by atoms with Gasteiger partial charge in [-0.15, -0.1) is 0 Å². The molecule has 0 radical (unpaired) electrons. The number of anilines is 1. The van der Waals surface area contributed by atoms with Crippen LogP contribution in [-0.4, -0.2) is 54.1 Å². The Kier molecular flexibility index (Phi) is 5.71. The zero-order chi connectivity index (χ0) is 18.5. The first-order chi connectivity index (χ1) is 12.6. The molecule has 6 nitrogen and oxygen atoms in total. The standard InChI is InChI=1S/C20H26N4O2/c1-15-12-21-20(22-13-15)23(2)17-7-5-9-24(14-17)19(25)11-16-6-4-8-18(10-16)26-3/h4,6,8,10,12-13,17H,5,7,9,11,14H2,1-3H3. The monoisotopic (exact) mass is 354 g/mol. The van der Waals surface area contributed by atoms with Crippen LogP contribution in [0.15, 0.2) is 36.7 Å². The van der Waals surface area contributed by atoms with E-state index in [1.807, 2.05) is 55.5 Å². The highest BCUT2D eigenvalue weighted by Crippen LogP contribution is 2.20. The van der Waals surface area contributed by atoms with E-state index in [2.05, 4.69) is 14.9 Å². The van der Waals surface area contributed by atoms with Crippen LogP contribution in [0.4, 0.5) is 5.95 Å². The summed E-state index contributed by atoms with van der Waals surface area (Å²) < 4.78 is 5.24. The molecule has 1 aliphatic heterocycles. The zero-order valence-corrected chi connectivity index (χ0v) is 15.7. The van der Waals surface area contributed by atoms with E-state index in [1.165, 1.54) is 0 Å². The van der Waals surface area contributed by atoms with Crippen LogP contribution in [-0.2, 0) is 11.2 Å². The van der Waals surface area contributed by atoms with Crippen LogP contribution in [0.1, 0.15) is 24.0 Å². The molecule has 2 aromatic rings. The lowest BCUT2D eigenvalue weighted by Crippen LogP contribution is -2.49. The van der Waals surface area contributed by atoms with Gasteiger partial charge in [0.1, 0.15) is 5.75 Å². The number of benzene rings is 1. The number of aromatic nitrogens is 2. The van der Waals surface area contributed by atoms with Crippen LogP contribution in [0.2, 0.25) is 0 Å². The fourth-order valence-corrected chi connectivity index (χ4v) is 3.30. The summed E-state index contributed by atoms with van der Waals surface area (Å²) in [6, 6.07) is 7.94. The first kappa shape index (κ1) is 18.2. The molecule has 0 spiro atoms. The number of hydrogen-bond donors (Lipinski definition) is 0. The summed E-state index contributed by atoms with van der Waals surface area (Å²) in [4.78, 5) is 25.6. The van der Waals surface area contributed by atoms with Crippen molar-refractivity contribution in [1.29, 1.82) is 0 Å². The number of nitrogens with zero attached hydrogens (tertiary/aromatic N) is 4. The second-order valence-electron chi connectivity index (χ2n) is 6.84. The van der Waals surface area contributed by atoms with Crippen LogP contribution in [0, 0.1) is 6.92 Å². The third-order valence-corrected chi connectivity index (χ3v) is 4.87. The lowest BCUT2D eigenvalue weighted by molar-refractivity contribution is -0.131. The summed E-state index contributed by atoms with van der Waals surface area (Å²) in [7, 11) is 3.64. The average molecular weight is 354 g/mol. The second kappa shape index (κ2) is 8.17. The maximum Gasteiger partial charge on any atom is 0.227 e. The van der Waals surface area contributed by atoms with Gasteiger partial charge < -0.3 is 14.5 Å². The summed E-state index contributed by atoms with van der Waals surface area (Å²) in [5.74, 6) is 1.65. The number of ether oxygens (including phenoxy) is 1. The normalized spacial score (nSPS) is 17.0. The highest BCUT2D eigenvalue weighted by molar-refractivity contribution is 5.79. The van der Waals surface area contributed by atoms with Crippen LogP contribution in [0.5, 0.6) is 5.75 Å². The minimum Gasteiger partial charge on any atom is -0.497 e. The SMILES string of the molecule is COc1cccc(CC(=O)N2CCCC(N(C)c3ncc(C)cn3)C2)c1. The molecule has 1 amide bonds. The van der Waals surface area contributed by atoms with Crippen LogP contribution in [0.3, 0.4) is 0 Å². The van der Waals surface area contributed by atoms with Gasteiger partial charge in [-0.05, 0) is 43.0 Å². The van der Waals surface area contributed by atoms with E-state index in [4.69, 9.17) is 4.74 Å². The van der Waals surface area contributed by atoms with Gasteiger partial charge >= 0.3 is 0 Å². The van der Waals surface area contributed by atoms with Gasteiger partial charge in [-0.1, -0.05) is 12.1 Å². The maximum atomic E-state index is 12.8. The molecule has 3 rings (SSSR count). The van der Waals surface area contributed by atoms with Crippen molar-refractivity contribution in [1.82, 2.24) is 14.9 Å². The van der Waals surface area contributed by atoms with E-state index in [9.17, 15) is 4.79 Å². The molecule has 138 valence electrons. The third kappa shape index (κ3) is 4.31. The van der Waals surface area contributed by atoms with Gasteiger partial charge in [0.05, 0.1) is 13.5 Å². The Hall–Kier alpha value is -2.63. The number of aryl methyl sites for hydroxylation is 1. The second-order valence-corrected chi connectivity index (χ2v) is 6.84. The molecule has 1 fully saturated rings. The fraction of sp³-hybridized carbons (Fsp3) is 0.450. The molecule has 26 heavy (non-hydrogen) atoms. The number of hydrogen-bond acceptors (Lipinski definition) is 5. The smallest absolute Gasteiger partial charge is 0.227 e. The predicted octanol–water partition coefficient (Wildman–Crippen LogP) is 2.46. The lowest BCUT2D eigenvalue weighted by atomic mass is 10.0. The van der Waals surface area contributed by atoms with Crippen molar-refractivity contribution in [3.63, 3.8) is 0 Å². The van der Waals surface area contributed by atoms with E-state index in [-0.39, 0.29) is 11.9 Å². The van der Waals surface area contributed by atoms with Gasteiger partial charge in [0.25, 0.3) is 0 Å². The Morgan fingerprint density at radius 2 is 2.12 bits per heavy atom. The molecular formula is C20H26N4O2. The van der Waals surface area contributed by atoms with Gasteiger partial charge in [0.2, 0.25) is 11.9 Å². The van der Waals surface area contributed by atoms with Crippen molar-refractivity contribution in [2.75, 3.05) is 32.1 Å². The van der Waals surface area contributed by atoms with Crippen molar-refractivity contribution in [2.45, 2.75) is 32.2 Å². The molecule has 0 aliphatic carbocycles. The highest BCUT2D eigenvalue weighted by Gasteiger charge is 2.27. The highest BCUT2D eigenvalue weighted by atomic mass is 16.5. The van der Waals surface area contributed by atoms with Gasteiger partial charge in [-0.25, -0.2) is 9.97 Å². The molecule has 1 aromatic heterocycles. The minimum atomic E-state index is 0.154. The Balaban J connectivity index is 1.63. The summed E-state index contributed by atoms with van der Waals surface area (Å²) in [6.45, 7) is 3.49. The number of carbonyl (C=O) groups is 1. The Morgan fingerprint density at radius 3 is 2.85 bits per heavy atom. The molecule has 1 aromatic carbocycles. The van der Waals surface area contributed by atoms with Crippen LogP contribution in [0.25, 0.3) is 0 Å². The van der Waals surface area contributed by atoms with Crippen LogP contribution >= 0.6 is 0 Å². The van der Waals surface area contributed by atoms with Gasteiger partial charge in [-0.3, -0.25) is 4.79 Å². The number of rotatable bonds is 5.